The van der Waals surface area contributed by atoms with Gasteiger partial charge in [0.15, 0.2) is 5.78 Å². The number of unbranched alkanes of at least 4 members (excludes halogenated alkanes) is 7. The van der Waals surface area contributed by atoms with Crippen molar-refractivity contribution in [3.05, 3.63) is 35.9 Å². The molecule has 0 unspecified atom stereocenters. The molecule has 0 aliphatic rings. The zero-order valence-electron chi connectivity index (χ0n) is 12.7. The average Bonchev–Trinajstić information content (AvgIpc) is 2.50. The van der Waals surface area contributed by atoms with Gasteiger partial charge in [-0.25, -0.2) is 0 Å². The van der Waals surface area contributed by atoms with Crippen LogP contribution in [0.1, 0.15) is 75.1 Å². The van der Waals surface area contributed by atoms with Crippen LogP contribution in [0.5, 0.6) is 0 Å². The second kappa shape index (κ2) is 11.3. The van der Waals surface area contributed by atoms with Gasteiger partial charge in [0, 0.05) is 12.0 Å². The van der Waals surface area contributed by atoms with E-state index in [1.807, 2.05) is 30.3 Å². The van der Waals surface area contributed by atoms with Crippen LogP contribution in [0.2, 0.25) is 0 Å². The van der Waals surface area contributed by atoms with Crippen LogP contribution in [0.3, 0.4) is 0 Å². The van der Waals surface area contributed by atoms with Crippen molar-refractivity contribution in [3.8, 4) is 11.8 Å². The van der Waals surface area contributed by atoms with Crippen LogP contribution in [0.4, 0.5) is 0 Å². The van der Waals surface area contributed by atoms with Crippen LogP contribution in [0.25, 0.3) is 0 Å². The maximum absolute atomic E-state index is 11.8. The fourth-order valence-corrected chi connectivity index (χ4v) is 2.13. The van der Waals surface area contributed by atoms with Crippen molar-refractivity contribution in [3.63, 3.8) is 0 Å². The molecule has 0 heterocycles. The third-order valence-electron chi connectivity index (χ3n) is 3.38. The van der Waals surface area contributed by atoms with Gasteiger partial charge in [0.05, 0.1) is 6.42 Å². The van der Waals surface area contributed by atoms with Gasteiger partial charge in [-0.1, -0.05) is 81.7 Å². The highest BCUT2D eigenvalue weighted by molar-refractivity contribution is 5.97. The minimum Gasteiger partial charge on any atom is -0.293 e. The molecule has 1 rings (SSSR count). The van der Waals surface area contributed by atoms with E-state index >= 15 is 0 Å². The molecule has 108 valence electrons. The van der Waals surface area contributed by atoms with Gasteiger partial charge in [-0.2, -0.15) is 0 Å². The molecule has 0 bridgehead atoms. The normalized spacial score (nSPS) is 9.85. The van der Waals surface area contributed by atoms with E-state index < -0.39 is 0 Å². The fourth-order valence-electron chi connectivity index (χ4n) is 2.13. The van der Waals surface area contributed by atoms with Gasteiger partial charge < -0.3 is 0 Å². The molecule has 0 saturated heterocycles. The molecular formula is C19H26O. The van der Waals surface area contributed by atoms with Crippen molar-refractivity contribution in [2.45, 2.75) is 64.7 Å². The zero-order chi connectivity index (χ0) is 14.5. The molecule has 0 radical (unpaired) electrons. The molecule has 0 aromatic heterocycles. The minimum atomic E-state index is 0.123. The summed E-state index contributed by atoms with van der Waals surface area (Å²) < 4.78 is 0. The maximum Gasteiger partial charge on any atom is 0.174 e. The Balaban J connectivity index is 2.04. The van der Waals surface area contributed by atoms with E-state index in [1.165, 1.54) is 44.9 Å². The molecule has 0 amide bonds. The predicted molar refractivity (Wildman–Crippen MR) is 85.8 cm³/mol. The number of hydrogen-bond acceptors (Lipinski definition) is 1. The summed E-state index contributed by atoms with van der Waals surface area (Å²) >= 11 is 0. The summed E-state index contributed by atoms with van der Waals surface area (Å²) in [5.74, 6) is 6.24. The Kier molecular flexibility index (Phi) is 9.32. The lowest BCUT2D eigenvalue weighted by Crippen LogP contribution is -1.96. The number of rotatable bonds is 9. The summed E-state index contributed by atoms with van der Waals surface area (Å²) in [5, 5.41) is 0. The van der Waals surface area contributed by atoms with Gasteiger partial charge in [0.25, 0.3) is 0 Å². The molecule has 0 atom stereocenters. The lowest BCUT2D eigenvalue weighted by molar-refractivity contribution is 0.0998. The molecule has 20 heavy (non-hydrogen) atoms. The molecule has 0 aliphatic heterocycles. The Hall–Kier alpha value is -1.55. The Bertz CT molecular complexity index is 422. The summed E-state index contributed by atoms with van der Waals surface area (Å²) in [7, 11) is 0. The summed E-state index contributed by atoms with van der Waals surface area (Å²) in [6.07, 6.45) is 10.4. The van der Waals surface area contributed by atoms with Crippen LogP contribution in [0, 0.1) is 11.8 Å². The molecule has 0 spiro atoms. The van der Waals surface area contributed by atoms with Gasteiger partial charge in [-0.15, -0.1) is 5.92 Å². The monoisotopic (exact) mass is 270 g/mol. The summed E-state index contributed by atoms with van der Waals surface area (Å²) in [6.45, 7) is 2.24. The van der Waals surface area contributed by atoms with E-state index in [4.69, 9.17) is 0 Å². The SMILES string of the molecule is CCCCCCCCCC#CCC(=O)c1ccccc1. The minimum absolute atomic E-state index is 0.123. The first kappa shape index (κ1) is 16.5. The number of Topliss-reactive ketones (excluding diaryl/α,β-unsaturated/α-hetero) is 1. The van der Waals surface area contributed by atoms with E-state index in [0.717, 1.165) is 12.0 Å². The molecule has 0 aliphatic carbocycles. The van der Waals surface area contributed by atoms with Crippen molar-refractivity contribution in [2.24, 2.45) is 0 Å². The van der Waals surface area contributed by atoms with Gasteiger partial charge >= 0.3 is 0 Å². The summed E-state index contributed by atoms with van der Waals surface area (Å²) in [6, 6.07) is 9.39. The maximum atomic E-state index is 11.8. The highest BCUT2D eigenvalue weighted by Crippen LogP contribution is 2.08. The molecule has 0 fully saturated rings. The Labute approximate surface area is 123 Å². The lowest BCUT2D eigenvalue weighted by atomic mass is 10.1. The van der Waals surface area contributed by atoms with E-state index in [2.05, 4.69) is 18.8 Å². The Morgan fingerprint density at radius 2 is 1.55 bits per heavy atom. The topological polar surface area (TPSA) is 17.1 Å². The number of carbonyl (C=O) groups is 1. The quantitative estimate of drug-likeness (QED) is 0.333. The number of carbonyl (C=O) groups excluding carboxylic acids is 1. The molecule has 1 nitrogen and oxygen atoms in total. The van der Waals surface area contributed by atoms with Crippen molar-refractivity contribution < 1.29 is 4.79 Å². The van der Waals surface area contributed by atoms with Crippen LogP contribution >= 0.6 is 0 Å². The van der Waals surface area contributed by atoms with Crippen molar-refractivity contribution in [2.75, 3.05) is 0 Å². The zero-order valence-corrected chi connectivity index (χ0v) is 12.7. The lowest BCUT2D eigenvalue weighted by Gasteiger charge is -1.98. The molecule has 0 saturated carbocycles. The first-order chi connectivity index (χ1) is 9.84. The summed E-state index contributed by atoms with van der Waals surface area (Å²) in [5.41, 5.74) is 0.762. The number of benzene rings is 1. The molecule has 1 aromatic rings. The van der Waals surface area contributed by atoms with E-state index in [0.29, 0.717) is 6.42 Å². The second-order valence-electron chi connectivity index (χ2n) is 5.19. The van der Waals surface area contributed by atoms with Gasteiger partial charge in [-0.05, 0) is 6.42 Å². The van der Waals surface area contributed by atoms with Crippen molar-refractivity contribution in [1.29, 1.82) is 0 Å². The number of hydrogen-bond donors (Lipinski definition) is 0. The fraction of sp³-hybridized carbons (Fsp3) is 0.526. The van der Waals surface area contributed by atoms with Crippen LogP contribution in [-0.4, -0.2) is 5.78 Å². The largest absolute Gasteiger partial charge is 0.293 e. The van der Waals surface area contributed by atoms with Crippen molar-refractivity contribution in [1.82, 2.24) is 0 Å². The third kappa shape index (κ3) is 7.79. The molecule has 1 aromatic carbocycles. The van der Waals surface area contributed by atoms with Crippen LogP contribution in [-0.2, 0) is 0 Å². The highest BCUT2D eigenvalue weighted by Gasteiger charge is 2.01. The first-order valence-corrected chi connectivity index (χ1v) is 7.88. The molecule has 1 heteroatoms. The van der Waals surface area contributed by atoms with Gasteiger partial charge in [-0.3, -0.25) is 4.79 Å². The Morgan fingerprint density at radius 3 is 2.25 bits per heavy atom. The molecular weight excluding hydrogens is 244 g/mol. The smallest absolute Gasteiger partial charge is 0.174 e. The second-order valence-corrected chi connectivity index (χ2v) is 5.19. The van der Waals surface area contributed by atoms with E-state index in [9.17, 15) is 4.79 Å². The predicted octanol–water partition coefficient (Wildman–Crippen LogP) is 5.40. The highest BCUT2D eigenvalue weighted by atomic mass is 16.1. The van der Waals surface area contributed by atoms with Crippen LogP contribution < -0.4 is 0 Å². The van der Waals surface area contributed by atoms with Gasteiger partial charge in [0.1, 0.15) is 0 Å². The van der Waals surface area contributed by atoms with E-state index in [-0.39, 0.29) is 5.78 Å². The summed E-state index contributed by atoms with van der Waals surface area (Å²) in [4.78, 5) is 11.8. The van der Waals surface area contributed by atoms with Crippen molar-refractivity contribution >= 4 is 5.78 Å². The number of ketones is 1. The standard InChI is InChI=1S/C19H26O/c1-2-3-4-5-6-7-8-9-10-14-17-19(20)18-15-12-11-13-16-18/h11-13,15-16H,2-9,17H2,1H3. The average molecular weight is 270 g/mol. The Morgan fingerprint density at radius 1 is 0.900 bits per heavy atom. The third-order valence-corrected chi connectivity index (χ3v) is 3.38. The first-order valence-electron chi connectivity index (χ1n) is 7.88. The molecule has 0 N–H and O–H groups in total. The van der Waals surface area contributed by atoms with Gasteiger partial charge in [0.2, 0.25) is 0 Å². The van der Waals surface area contributed by atoms with E-state index in [1.54, 1.807) is 0 Å². The van der Waals surface area contributed by atoms with Crippen LogP contribution in [0.15, 0.2) is 30.3 Å².